The van der Waals surface area contributed by atoms with Gasteiger partial charge in [0.1, 0.15) is 18.5 Å². The van der Waals surface area contributed by atoms with Gasteiger partial charge in [-0.1, -0.05) is 0 Å². The molecule has 0 amide bonds. The average Bonchev–Trinajstić information content (AvgIpc) is 3.15. The molecule has 0 saturated carbocycles. The van der Waals surface area contributed by atoms with E-state index < -0.39 is 6.10 Å². The van der Waals surface area contributed by atoms with Crippen molar-refractivity contribution in [1.29, 1.82) is 5.26 Å². The van der Waals surface area contributed by atoms with E-state index in [1.165, 1.54) is 12.8 Å². The molecule has 1 aromatic carbocycles. The number of nitriles is 1. The van der Waals surface area contributed by atoms with E-state index in [0.717, 1.165) is 39.3 Å². The Bertz CT molecular complexity index is 558. The number of rotatable bonds is 7. The van der Waals surface area contributed by atoms with Crippen LogP contribution in [0.1, 0.15) is 18.4 Å². The first-order valence-corrected chi connectivity index (χ1v) is 9.10. The van der Waals surface area contributed by atoms with E-state index in [-0.39, 0.29) is 6.61 Å². The largest absolute Gasteiger partial charge is 0.491 e. The maximum absolute atomic E-state index is 10.2. The molecule has 1 aromatic rings. The number of hydrogen-bond donors (Lipinski definition) is 1. The molecule has 6 heteroatoms. The lowest BCUT2D eigenvalue weighted by Gasteiger charge is -2.36. The lowest BCUT2D eigenvalue weighted by atomic mass is 10.2. The number of ether oxygens (including phenoxy) is 2. The van der Waals surface area contributed by atoms with Crippen molar-refractivity contribution in [1.82, 2.24) is 9.80 Å². The molecule has 6 nitrogen and oxygen atoms in total. The highest BCUT2D eigenvalue weighted by Gasteiger charge is 2.23. The Morgan fingerprint density at radius 3 is 2.56 bits per heavy atom. The van der Waals surface area contributed by atoms with Crippen LogP contribution in [0.4, 0.5) is 0 Å². The molecule has 136 valence electrons. The topological polar surface area (TPSA) is 69.0 Å². The molecule has 25 heavy (non-hydrogen) atoms. The van der Waals surface area contributed by atoms with Gasteiger partial charge in [-0.25, -0.2) is 0 Å². The summed E-state index contributed by atoms with van der Waals surface area (Å²) in [6, 6.07) is 9.03. The van der Waals surface area contributed by atoms with Gasteiger partial charge >= 0.3 is 0 Å². The summed E-state index contributed by atoms with van der Waals surface area (Å²) in [5.41, 5.74) is 0.605. The molecular formula is C19H27N3O3. The number of β-amino-alcohol motifs (C(OH)–C–C–N with tert-alkyl or cyclic N) is 1. The van der Waals surface area contributed by atoms with Crippen molar-refractivity contribution in [2.75, 3.05) is 52.5 Å². The van der Waals surface area contributed by atoms with Crippen LogP contribution in [0.5, 0.6) is 5.75 Å². The van der Waals surface area contributed by atoms with Gasteiger partial charge in [0.05, 0.1) is 17.7 Å². The zero-order valence-corrected chi connectivity index (χ0v) is 14.6. The van der Waals surface area contributed by atoms with Crippen molar-refractivity contribution in [2.24, 2.45) is 0 Å². The van der Waals surface area contributed by atoms with E-state index >= 15 is 0 Å². The quantitative estimate of drug-likeness (QED) is 0.798. The van der Waals surface area contributed by atoms with Gasteiger partial charge in [-0.3, -0.25) is 9.80 Å². The van der Waals surface area contributed by atoms with Crippen molar-refractivity contribution in [3.8, 4) is 11.8 Å². The second kappa shape index (κ2) is 9.16. The Labute approximate surface area is 149 Å². The minimum atomic E-state index is -0.514. The molecule has 2 fully saturated rings. The van der Waals surface area contributed by atoms with Crippen LogP contribution < -0.4 is 4.74 Å². The number of benzene rings is 1. The smallest absolute Gasteiger partial charge is 0.119 e. The van der Waals surface area contributed by atoms with Gasteiger partial charge in [-0.2, -0.15) is 5.26 Å². The monoisotopic (exact) mass is 345 g/mol. The molecule has 0 radical (unpaired) electrons. The van der Waals surface area contributed by atoms with Crippen LogP contribution in [0.25, 0.3) is 0 Å². The third kappa shape index (κ3) is 5.68. The zero-order chi connectivity index (χ0) is 17.5. The van der Waals surface area contributed by atoms with Crippen LogP contribution in [0.15, 0.2) is 24.3 Å². The second-order valence-electron chi connectivity index (χ2n) is 6.84. The molecular weight excluding hydrogens is 318 g/mol. The fourth-order valence-electron chi connectivity index (χ4n) is 3.40. The third-order valence-corrected chi connectivity index (χ3v) is 4.85. The van der Waals surface area contributed by atoms with Gasteiger partial charge in [0.15, 0.2) is 0 Å². The SMILES string of the molecule is N#Cc1ccc(OC[C@@H](O)CN2CCN(C[C@H]3CCCO3)CC2)cc1. The summed E-state index contributed by atoms with van der Waals surface area (Å²) >= 11 is 0. The minimum absolute atomic E-state index is 0.266. The van der Waals surface area contributed by atoms with Crippen molar-refractivity contribution in [3.63, 3.8) is 0 Å². The number of piperazine rings is 1. The first-order valence-electron chi connectivity index (χ1n) is 9.10. The summed E-state index contributed by atoms with van der Waals surface area (Å²) < 4.78 is 11.3. The molecule has 2 atom stereocenters. The predicted molar refractivity (Wildman–Crippen MR) is 94.5 cm³/mol. The molecule has 0 unspecified atom stereocenters. The number of hydrogen-bond acceptors (Lipinski definition) is 6. The number of nitrogens with zero attached hydrogens (tertiary/aromatic N) is 3. The Kier molecular flexibility index (Phi) is 6.65. The van der Waals surface area contributed by atoms with Crippen LogP contribution in [-0.4, -0.2) is 79.6 Å². The lowest BCUT2D eigenvalue weighted by Crippen LogP contribution is -2.50. The zero-order valence-electron chi connectivity index (χ0n) is 14.6. The summed E-state index contributed by atoms with van der Waals surface area (Å²) in [6.45, 7) is 6.85. The average molecular weight is 345 g/mol. The molecule has 0 spiro atoms. The lowest BCUT2D eigenvalue weighted by molar-refractivity contribution is 0.0263. The van der Waals surface area contributed by atoms with Crippen molar-refractivity contribution in [3.05, 3.63) is 29.8 Å². The molecule has 1 N–H and O–H groups in total. The van der Waals surface area contributed by atoms with Crippen molar-refractivity contribution >= 4 is 0 Å². The first-order chi connectivity index (χ1) is 12.2. The summed E-state index contributed by atoms with van der Waals surface area (Å²) in [4.78, 5) is 4.75. The fourth-order valence-corrected chi connectivity index (χ4v) is 3.40. The van der Waals surface area contributed by atoms with E-state index in [2.05, 4.69) is 15.9 Å². The Morgan fingerprint density at radius 1 is 1.20 bits per heavy atom. The van der Waals surface area contributed by atoms with E-state index in [9.17, 15) is 5.11 Å². The van der Waals surface area contributed by atoms with Gasteiger partial charge in [0.2, 0.25) is 0 Å². The maximum atomic E-state index is 10.2. The van der Waals surface area contributed by atoms with Crippen molar-refractivity contribution < 1.29 is 14.6 Å². The minimum Gasteiger partial charge on any atom is -0.491 e. The fraction of sp³-hybridized carbons (Fsp3) is 0.632. The van der Waals surface area contributed by atoms with E-state index in [1.807, 2.05) is 0 Å². The van der Waals surface area contributed by atoms with Gasteiger partial charge in [-0.15, -0.1) is 0 Å². The first kappa shape index (κ1) is 18.2. The number of aliphatic hydroxyl groups is 1. The van der Waals surface area contributed by atoms with Gasteiger partial charge in [0, 0.05) is 45.9 Å². The maximum Gasteiger partial charge on any atom is 0.119 e. The highest BCUT2D eigenvalue weighted by atomic mass is 16.5. The molecule has 3 rings (SSSR count). The highest BCUT2D eigenvalue weighted by Crippen LogP contribution is 2.15. The molecule has 2 aliphatic heterocycles. The molecule has 2 saturated heterocycles. The third-order valence-electron chi connectivity index (χ3n) is 4.85. The Balaban J connectivity index is 1.33. The predicted octanol–water partition coefficient (Wildman–Crippen LogP) is 1.09. The van der Waals surface area contributed by atoms with Crippen LogP contribution in [0.3, 0.4) is 0 Å². The van der Waals surface area contributed by atoms with Gasteiger partial charge in [0.25, 0.3) is 0 Å². The number of aliphatic hydroxyl groups excluding tert-OH is 1. The summed E-state index contributed by atoms with van der Waals surface area (Å²) in [6.07, 6.45) is 2.28. The summed E-state index contributed by atoms with van der Waals surface area (Å²) in [5, 5.41) is 19.0. The van der Waals surface area contributed by atoms with Crippen LogP contribution in [-0.2, 0) is 4.74 Å². The van der Waals surface area contributed by atoms with E-state index in [1.54, 1.807) is 24.3 Å². The summed E-state index contributed by atoms with van der Waals surface area (Å²) in [7, 11) is 0. The van der Waals surface area contributed by atoms with E-state index in [4.69, 9.17) is 14.7 Å². The van der Waals surface area contributed by atoms with Crippen molar-refractivity contribution in [2.45, 2.75) is 25.0 Å². The highest BCUT2D eigenvalue weighted by molar-refractivity contribution is 5.34. The molecule has 0 aromatic heterocycles. The Morgan fingerprint density at radius 2 is 1.92 bits per heavy atom. The Hall–Kier alpha value is -1.65. The normalized spacial score (nSPS) is 23.3. The van der Waals surface area contributed by atoms with Crippen LogP contribution in [0.2, 0.25) is 0 Å². The summed E-state index contributed by atoms with van der Waals surface area (Å²) in [5.74, 6) is 0.680. The van der Waals surface area contributed by atoms with Gasteiger partial charge < -0.3 is 14.6 Å². The molecule has 2 aliphatic rings. The van der Waals surface area contributed by atoms with Crippen LogP contribution >= 0.6 is 0 Å². The second-order valence-corrected chi connectivity index (χ2v) is 6.84. The van der Waals surface area contributed by atoms with Gasteiger partial charge in [-0.05, 0) is 37.1 Å². The van der Waals surface area contributed by atoms with E-state index in [0.29, 0.717) is 24.0 Å². The van der Waals surface area contributed by atoms with Crippen LogP contribution in [0, 0.1) is 11.3 Å². The molecule has 0 bridgehead atoms. The molecule has 2 heterocycles. The molecule has 0 aliphatic carbocycles. The standard InChI is InChI=1S/C19H27N3O3/c20-12-16-3-5-18(6-4-16)25-15-17(23)13-21-7-9-22(10-8-21)14-19-2-1-11-24-19/h3-6,17,19,23H,1-2,7-11,13-15H2/t17-,19+/m0/s1.